The maximum atomic E-state index is 14.6. The van der Waals surface area contributed by atoms with Crippen LogP contribution in [0.2, 0.25) is 0 Å². The zero-order valence-corrected chi connectivity index (χ0v) is 27.1. The Morgan fingerprint density at radius 3 is 2.59 bits per heavy atom. The molecule has 44 heavy (non-hydrogen) atoms. The highest BCUT2D eigenvalue weighted by molar-refractivity contribution is 6.03. The molecule has 8 nitrogen and oxygen atoms in total. The highest BCUT2D eigenvalue weighted by Crippen LogP contribution is 2.37. The number of morpholine rings is 1. The zero-order valence-electron chi connectivity index (χ0n) is 27.1. The van der Waals surface area contributed by atoms with E-state index in [-0.39, 0.29) is 11.9 Å². The topological polar surface area (TPSA) is 56.6 Å². The Morgan fingerprint density at radius 1 is 1.09 bits per heavy atom. The number of carbonyl (C=O) groups is 1. The number of amides is 1. The number of rotatable bonds is 9. The average Bonchev–Trinajstić information content (AvgIpc) is 3.36. The Hall–Kier alpha value is -2.85. The van der Waals surface area contributed by atoms with E-state index >= 15 is 0 Å². The lowest BCUT2D eigenvalue weighted by Crippen LogP contribution is -2.52. The first kappa shape index (κ1) is 31.1. The third-order valence-corrected chi connectivity index (χ3v) is 10.2. The highest BCUT2D eigenvalue weighted by Gasteiger charge is 2.35. The molecule has 3 aliphatic rings. The first-order chi connectivity index (χ1) is 21.2. The molecule has 5 heterocycles. The van der Waals surface area contributed by atoms with Crippen LogP contribution in [-0.4, -0.2) is 120 Å². The van der Waals surface area contributed by atoms with Crippen molar-refractivity contribution in [1.29, 1.82) is 0 Å². The number of nitrogens with zero attached hydrogens (tertiary/aromatic N) is 6. The Kier molecular flexibility index (Phi) is 9.38. The van der Waals surface area contributed by atoms with Crippen LogP contribution in [0.1, 0.15) is 61.3 Å². The number of pyridine rings is 1. The summed E-state index contributed by atoms with van der Waals surface area (Å²) in [6.07, 6.45) is 6.55. The van der Waals surface area contributed by atoms with Crippen LogP contribution in [0, 0.1) is 18.7 Å². The first-order valence-electron chi connectivity index (χ1n) is 16.5. The van der Waals surface area contributed by atoms with E-state index in [2.05, 4.69) is 57.2 Å². The van der Waals surface area contributed by atoms with E-state index in [1.54, 1.807) is 6.07 Å². The first-order valence-corrected chi connectivity index (χ1v) is 16.5. The lowest BCUT2D eigenvalue weighted by atomic mass is 9.85. The summed E-state index contributed by atoms with van der Waals surface area (Å²) in [6, 6.07) is 7.36. The maximum absolute atomic E-state index is 14.6. The van der Waals surface area contributed by atoms with Crippen molar-refractivity contribution in [2.24, 2.45) is 5.92 Å². The summed E-state index contributed by atoms with van der Waals surface area (Å²) >= 11 is 0. The minimum atomic E-state index is -0.406. The van der Waals surface area contributed by atoms with E-state index in [9.17, 15) is 9.18 Å². The predicted octanol–water partition coefficient (Wildman–Crippen LogP) is 4.76. The molecule has 6 rings (SSSR count). The number of likely N-dealkylation sites (N-methyl/N-ethyl adjacent to an activating group) is 1. The van der Waals surface area contributed by atoms with Gasteiger partial charge in [-0.15, -0.1) is 0 Å². The number of fused-ring (bicyclic) bond motifs is 1. The van der Waals surface area contributed by atoms with Crippen LogP contribution in [-0.2, 0) is 4.74 Å². The van der Waals surface area contributed by atoms with Crippen LogP contribution in [0.5, 0.6) is 0 Å². The largest absolute Gasteiger partial charge is 0.377 e. The van der Waals surface area contributed by atoms with Gasteiger partial charge in [0.25, 0.3) is 5.91 Å². The Balaban J connectivity index is 1.22. The molecule has 1 aromatic carbocycles. The van der Waals surface area contributed by atoms with Gasteiger partial charge in [0.05, 0.1) is 36.5 Å². The van der Waals surface area contributed by atoms with Gasteiger partial charge < -0.3 is 23.8 Å². The molecule has 3 aliphatic heterocycles. The van der Waals surface area contributed by atoms with E-state index in [4.69, 9.17) is 4.74 Å². The van der Waals surface area contributed by atoms with Gasteiger partial charge in [-0.25, -0.2) is 9.37 Å². The summed E-state index contributed by atoms with van der Waals surface area (Å²) in [7, 11) is 2.21. The van der Waals surface area contributed by atoms with Gasteiger partial charge in [-0.2, -0.15) is 0 Å². The minimum absolute atomic E-state index is 0.0626. The minimum Gasteiger partial charge on any atom is -0.377 e. The second-order valence-corrected chi connectivity index (χ2v) is 13.6. The van der Waals surface area contributed by atoms with Gasteiger partial charge in [-0.3, -0.25) is 9.69 Å². The van der Waals surface area contributed by atoms with Crippen LogP contribution in [0.25, 0.3) is 16.6 Å². The van der Waals surface area contributed by atoms with Gasteiger partial charge in [0.1, 0.15) is 11.6 Å². The fourth-order valence-corrected chi connectivity index (χ4v) is 7.32. The molecule has 1 amide bonds. The molecule has 238 valence electrons. The summed E-state index contributed by atoms with van der Waals surface area (Å²) in [5.74, 6) is 1.35. The number of hydrogen-bond donors (Lipinski definition) is 0. The van der Waals surface area contributed by atoms with Gasteiger partial charge >= 0.3 is 0 Å². The standard InChI is InChI=1S/C35H49FN6O2/c1-24(2)33(7-6-10-39-13-11-38(5)12-14-39)40-20-28(21-40)27-17-31(34-19-37-26(4)42(34)22-27)30-9-8-29(36)18-32(30)35(43)41-15-16-44-23-25(41)3/h8-9,17-19,22,24-25,28,33H,6-7,10-16,20-21,23H2,1-5H3/t25-,33-/m1/s1. The van der Waals surface area contributed by atoms with Crippen molar-refractivity contribution in [3.63, 3.8) is 0 Å². The van der Waals surface area contributed by atoms with Crippen molar-refractivity contribution in [1.82, 2.24) is 29.0 Å². The number of hydrogen-bond acceptors (Lipinski definition) is 6. The molecule has 9 heteroatoms. The predicted molar refractivity (Wildman–Crippen MR) is 173 cm³/mol. The Labute approximate surface area is 261 Å². The summed E-state index contributed by atoms with van der Waals surface area (Å²) in [4.78, 5) is 28.0. The van der Waals surface area contributed by atoms with Crippen molar-refractivity contribution < 1.29 is 13.9 Å². The fourth-order valence-electron chi connectivity index (χ4n) is 7.32. The van der Waals surface area contributed by atoms with Gasteiger partial charge in [0.2, 0.25) is 0 Å². The molecule has 2 aromatic heterocycles. The third-order valence-electron chi connectivity index (χ3n) is 10.2. The molecule has 0 unspecified atom stereocenters. The van der Waals surface area contributed by atoms with Gasteiger partial charge in [-0.05, 0) is 75.5 Å². The summed E-state index contributed by atoms with van der Waals surface area (Å²) < 4.78 is 22.3. The van der Waals surface area contributed by atoms with Crippen molar-refractivity contribution in [3.8, 4) is 11.1 Å². The smallest absolute Gasteiger partial charge is 0.254 e. The molecule has 3 aromatic rings. The Bertz CT molecular complexity index is 1460. The number of aryl methyl sites for hydroxylation is 1. The van der Waals surface area contributed by atoms with E-state index in [1.807, 2.05) is 24.9 Å². The van der Waals surface area contributed by atoms with E-state index in [0.717, 1.165) is 35.6 Å². The van der Waals surface area contributed by atoms with Crippen LogP contribution < -0.4 is 0 Å². The number of likely N-dealkylation sites (tertiary alicyclic amines) is 1. The quantitative estimate of drug-likeness (QED) is 0.351. The van der Waals surface area contributed by atoms with Crippen LogP contribution in [0.4, 0.5) is 4.39 Å². The summed E-state index contributed by atoms with van der Waals surface area (Å²) in [6.45, 7) is 18.1. The highest BCUT2D eigenvalue weighted by atomic mass is 19.1. The van der Waals surface area contributed by atoms with Crippen molar-refractivity contribution in [2.75, 3.05) is 72.6 Å². The van der Waals surface area contributed by atoms with Gasteiger partial charge in [0, 0.05) is 69.5 Å². The summed E-state index contributed by atoms with van der Waals surface area (Å²) in [5, 5.41) is 0. The second kappa shape index (κ2) is 13.3. The molecular weight excluding hydrogens is 555 g/mol. The molecule has 3 fully saturated rings. The average molecular weight is 605 g/mol. The second-order valence-electron chi connectivity index (χ2n) is 13.6. The number of imidazole rings is 1. The molecule has 3 saturated heterocycles. The molecule has 0 N–H and O–H groups in total. The number of aromatic nitrogens is 2. The molecule has 0 bridgehead atoms. The molecular formula is C35H49FN6O2. The van der Waals surface area contributed by atoms with Crippen LogP contribution in [0.15, 0.2) is 36.7 Å². The fraction of sp³-hybridized carbons (Fsp3) is 0.600. The number of carbonyl (C=O) groups excluding carboxylic acids is 1. The van der Waals surface area contributed by atoms with Crippen LogP contribution >= 0.6 is 0 Å². The zero-order chi connectivity index (χ0) is 31.0. The molecule has 0 aliphatic carbocycles. The summed E-state index contributed by atoms with van der Waals surface area (Å²) in [5.41, 5.74) is 4.25. The van der Waals surface area contributed by atoms with E-state index in [0.29, 0.717) is 43.2 Å². The van der Waals surface area contributed by atoms with Crippen molar-refractivity contribution in [2.45, 2.75) is 58.5 Å². The monoisotopic (exact) mass is 604 g/mol. The lowest BCUT2D eigenvalue weighted by Gasteiger charge is -2.46. The molecule has 2 atom stereocenters. The maximum Gasteiger partial charge on any atom is 0.254 e. The number of benzene rings is 1. The number of ether oxygens (including phenoxy) is 1. The third kappa shape index (κ3) is 6.43. The lowest BCUT2D eigenvalue weighted by molar-refractivity contribution is 0.00361. The van der Waals surface area contributed by atoms with Gasteiger partial charge in [-0.1, -0.05) is 19.9 Å². The van der Waals surface area contributed by atoms with E-state index in [1.165, 1.54) is 63.3 Å². The normalized spacial score (nSPS) is 21.7. The molecule has 0 saturated carbocycles. The SMILES string of the molecule is Cc1ncc2c(-c3ccc(F)cc3C(=O)N3CCOC[C@H]3C)cc(C3CN([C@H](CCCN4CCN(C)CC4)C(C)C)C3)cn12. The number of halogens is 1. The van der Waals surface area contributed by atoms with Crippen molar-refractivity contribution >= 4 is 11.4 Å². The van der Waals surface area contributed by atoms with Gasteiger partial charge in [0.15, 0.2) is 0 Å². The Morgan fingerprint density at radius 2 is 1.86 bits per heavy atom. The van der Waals surface area contributed by atoms with E-state index < -0.39 is 5.82 Å². The van der Waals surface area contributed by atoms with Crippen LogP contribution in [0.3, 0.4) is 0 Å². The molecule has 0 radical (unpaired) electrons. The molecule has 0 spiro atoms. The number of piperazine rings is 1. The van der Waals surface area contributed by atoms with Crippen molar-refractivity contribution in [3.05, 3.63) is 59.4 Å².